The summed E-state index contributed by atoms with van der Waals surface area (Å²) in [5.41, 5.74) is 0. The zero-order valence-corrected chi connectivity index (χ0v) is 13.6. The van der Waals surface area contributed by atoms with Crippen molar-refractivity contribution in [3.63, 3.8) is 0 Å². The van der Waals surface area contributed by atoms with Gasteiger partial charge >= 0.3 is 5.97 Å². The van der Waals surface area contributed by atoms with Crippen LogP contribution < -0.4 is 0 Å². The van der Waals surface area contributed by atoms with Crippen molar-refractivity contribution in [3.8, 4) is 0 Å². The van der Waals surface area contributed by atoms with Gasteiger partial charge in [-0.3, -0.25) is 4.79 Å². The predicted molar refractivity (Wildman–Crippen MR) is 78.5 cm³/mol. The molecule has 0 fully saturated rings. The minimum absolute atomic E-state index is 0.00955. The molecule has 0 aromatic heterocycles. The van der Waals surface area contributed by atoms with Crippen LogP contribution in [0.25, 0.3) is 0 Å². The molecule has 0 radical (unpaired) electrons. The van der Waals surface area contributed by atoms with Crippen LogP contribution in [0.1, 0.15) is 13.8 Å². The van der Waals surface area contributed by atoms with Gasteiger partial charge in [0, 0.05) is 11.6 Å². The lowest BCUT2D eigenvalue weighted by Gasteiger charge is -2.29. The summed E-state index contributed by atoms with van der Waals surface area (Å²) in [5.74, 6) is -0.815. The van der Waals surface area contributed by atoms with E-state index >= 15 is 0 Å². The number of likely N-dealkylation sites (N-methyl/N-ethyl adjacent to an activating group) is 1. The van der Waals surface area contributed by atoms with Gasteiger partial charge in [-0.25, -0.2) is 8.42 Å². The molecule has 1 N–H and O–H groups in total. The number of aliphatic hydroxyl groups is 1. The van der Waals surface area contributed by atoms with Crippen LogP contribution in [0.5, 0.6) is 0 Å². The summed E-state index contributed by atoms with van der Waals surface area (Å²) in [6.45, 7) is 2.92. The number of sulfonamides is 1. The molecule has 21 heavy (non-hydrogen) atoms. The van der Waals surface area contributed by atoms with E-state index in [9.17, 15) is 18.3 Å². The summed E-state index contributed by atoms with van der Waals surface area (Å²) in [7, 11) is -2.81. The third-order valence-electron chi connectivity index (χ3n) is 2.94. The summed E-state index contributed by atoms with van der Waals surface area (Å²) in [6.07, 6.45) is -1.21. The summed E-state index contributed by atoms with van der Waals surface area (Å²) in [4.78, 5) is 11.8. The Bertz CT molecular complexity index is 585. The first-order valence-corrected chi connectivity index (χ1v) is 8.10. The second-order valence-electron chi connectivity index (χ2n) is 4.37. The zero-order chi connectivity index (χ0) is 16.2. The maximum absolute atomic E-state index is 12.6. The summed E-state index contributed by atoms with van der Waals surface area (Å²) in [6, 6.07) is 4.27. The molecule has 0 aliphatic carbocycles. The van der Waals surface area contributed by atoms with Crippen LogP contribution in [0.3, 0.4) is 0 Å². The molecule has 0 saturated heterocycles. The largest absolute Gasteiger partial charge is 0.468 e. The Labute approximate surface area is 129 Å². The van der Waals surface area contributed by atoms with Gasteiger partial charge in [0.05, 0.1) is 18.1 Å². The van der Waals surface area contributed by atoms with E-state index in [4.69, 9.17) is 11.6 Å². The number of hydrogen-bond acceptors (Lipinski definition) is 5. The third-order valence-corrected chi connectivity index (χ3v) is 5.16. The van der Waals surface area contributed by atoms with E-state index in [-0.39, 0.29) is 11.4 Å². The van der Waals surface area contributed by atoms with E-state index in [0.717, 1.165) is 11.4 Å². The molecule has 0 bridgehead atoms. The van der Waals surface area contributed by atoms with Crippen LogP contribution in [0.2, 0.25) is 5.02 Å². The highest BCUT2D eigenvalue weighted by Crippen LogP contribution is 2.22. The van der Waals surface area contributed by atoms with E-state index in [1.807, 2.05) is 0 Å². The molecule has 0 spiro atoms. The first kappa shape index (κ1) is 17.9. The minimum Gasteiger partial charge on any atom is -0.468 e. The molecule has 0 aliphatic heterocycles. The summed E-state index contributed by atoms with van der Waals surface area (Å²) < 4.78 is 30.7. The maximum atomic E-state index is 12.6. The lowest BCUT2D eigenvalue weighted by atomic mass is 10.2. The normalized spacial score (nSPS) is 14.8. The number of esters is 1. The van der Waals surface area contributed by atoms with Crippen molar-refractivity contribution >= 4 is 27.6 Å². The maximum Gasteiger partial charge on any atom is 0.326 e. The molecule has 0 aliphatic rings. The summed E-state index contributed by atoms with van der Waals surface area (Å²) >= 11 is 5.74. The minimum atomic E-state index is -3.95. The number of benzene rings is 1. The van der Waals surface area contributed by atoms with Crippen molar-refractivity contribution in [2.45, 2.75) is 30.9 Å². The van der Waals surface area contributed by atoms with Crippen LogP contribution >= 0.6 is 11.6 Å². The third kappa shape index (κ3) is 3.94. The van der Waals surface area contributed by atoms with Crippen molar-refractivity contribution in [1.82, 2.24) is 4.31 Å². The van der Waals surface area contributed by atoms with Crippen LogP contribution in [0.4, 0.5) is 0 Å². The van der Waals surface area contributed by atoms with E-state index < -0.39 is 28.1 Å². The Morgan fingerprint density at radius 2 is 1.90 bits per heavy atom. The quantitative estimate of drug-likeness (QED) is 0.791. The number of ether oxygens (including phenoxy) is 1. The molecule has 1 aromatic carbocycles. The van der Waals surface area contributed by atoms with E-state index in [2.05, 4.69) is 4.74 Å². The molecule has 118 valence electrons. The monoisotopic (exact) mass is 335 g/mol. The van der Waals surface area contributed by atoms with Crippen molar-refractivity contribution < 1.29 is 23.1 Å². The van der Waals surface area contributed by atoms with Crippen LogP contribution in [-0.4, -0.2) is 49.6 Å². The van der Waals surface area contributed by atoms with Gasteiger partial charge in [-0.15, -0.1) is 0 Å². The Hall–Kier alpha value is -1.15. The average Bonchev–Trinajstić information content (AvgIpc) is 2.43. The van der Waals surface area contributed by atoms with Crippen LogP contribution in [-0.2, 0) is 19.6 Å². The molecule has 1 aromatic rings. The molecule has 0 amide bonds. The molecule has 6 nitrogen and oxygen atoms in total. The number of methoxy groups -OCH3 is 1. The smallest absolute Gasteiger partial charge is 0.326 e. The van der Waals surface area contributed by atoms with Gasteiger partial charge < -0.3 is 9.84 Å². The summed E-state index contributed by atoms with van der Waals surface area (Å²) in [5, 5.41) is 10.1. The lowest BCUT2D eigenvalue weighted by Crippen LogP contribution is -2.51. The number of halogens is 1. The van der Waals surface area contributed by atoms with Crippen molar-refractivity contribution in [1.29, 1.82) is 0 Å². The molecule has 1 rings (SSSR count). The number of hydrogen-bond donors (Lipinski definition) is 1. The number of aliphatic hydroxyl groups excluding tert-OH is 1. The number of carbonyl (C=O) groups is 1. The molecule has 8 heteroatoms. The Morgan fingerprint density at radius 1 is 1.38 bits per heavy atom. The molecular weight excluding hydrogens is 318 g/mol. The first-order valence-electron chi connectivity index (χ1n) is 6.29. The van der Waals surface area contributed by atoms with Gasteiger partial charge in [0.15, 0.2) is 0 Å². The first-order chi connectivity index (χ1) is 9.75. The van der Waals surface area contributed by atoms with Gasteiger partial charge in [0.1, 0.15) is 6.04 Å². The van der Waals surface area contributed by atoms with Gasteiger partial charge in [-0.1, -0.05) is 18.5 Å². The highest BCUT2D eigenvalue weighted by Gasteiger charge is 2.38. The zero-order valence-electron chi connectivity index (χ0n) is 12.0. The average molecular weight is 336 g/mol. The molecule has 2 atom stereocenters. The Balaban J connectivity index is 3.29. The number of rotatable bonds is 6. The van der Waals surface area contributed by atoms with Gasteiger partial charge in [0.2, 0.25) is 10.0 Å². The Morgan fingerprint density at radius 3 is 2.29 bits per heavy atom. The predicted octanol–water partition coefficient (Wildman–Crippen LogP) is 1.27. The standard InChI is InChI=1S/C13H18ClNO5S/c1-4-15(12(9(2)16)13(17)20-3)21(18,19)11-7-5-10(14)6-8-11/h5-9,12,16H,4H2,1-3H3/t9?,12-/m0/s1. The van der Waals surface area contributed by atoms with Crippen molar-refractivity contribution in [2.24, 2.45) is 0 Å². The fraction of sp³-hybridized carbons (Fsp3) is 0.462. The van der Waals surface area contributed by atoms with E-state index in [1.165, 1.54) is 31.2 Å². The van der Waals surface area contributed by atoms with Gasteiger partial charge in [-0.2, -0.15) is 4.31 Å². The van der Waals surface area contributed by atoms with E-state index in [0.29, 0.717) is 5.02 Å². The van der Waals surface area contributed by atoms with Crippen LogP contribution in [0, 0.1) is 0 Å². The fourth-order valence-corrected chi connectivity index (χ4v) is 3.71. The second-order valence-corrected chi connectivity index (χ2v) is 6.70. The van der Waals surface area contributed by atoms with E-state index in [1.54, 1.807) is 6.92 Å². The topological polar surface area (TPSA) is 83.9 Å². The lowest BCUT2D eigenvalue weighted by molar-refractivity contribution is -0.148. The fourth-order valence-electron chi connectivity index (χ4n) is 1.93. The molecule has 0 saturated carbocycles. The number of nitrogens with zero attached hydrogens (tertiary/aromatic N) is 1. The molecular formula is C13H18ClNO5S. The van der Waals surface area contributed by atoms with Gasteiger partial charge in [0.25, 0.3) is 0 Å². The Kier molecular flexibility index (Phi) is 6.15. The molecule has 1 unspecified atom stereocenters. The van der Waals surface area contributed by atoms with Crippen LogP contribution in [0.15, 0.2) is 29.2 Å². The molecule has 0 heterocycles. The van der Waals surface area contributed by atoms with Crippen molar-refractivity contribution in [2.75, 3.05) is 13.7 Å². The second kappa shape index (κ2) is 7.22. The SMILES string of the molecule is CCN([C@H](C(=O)OC)C(C)O)S(=O)(=O)c1ccc(Cl)cc1. The highest BCUT2D eigenvalue weighted by molar-refractivity contribution is 7.89. The van der Waals surface area contributed by atoms with Crippen molar-refractivity contribution in [3.05, 3.63) is 29.3 Å². The van der Waals surface area contributed by atoms with Gasteiger partial charge in [-0.05, 0) is 31.2 Å². The number of carbonyl (C=O) groups excluding carboxylic acids is 1. The highest BCUT2D eigenvalue weighted by atomic mass is 35.5.